The molecule has 0 saturated carbocycles. The average molecular weight is 561 g/mol. The largest absolute Gasteiger partial charge is 0.332 e. The van der Waals surface area contributed by atoms with E-state index < -0.39 is 0 Å². The highest BCUT2D eigenvalue weighted by atomic mass is 127. The quantitative estimate of drug-likeness (QED) is 0.142. The highest BCUT2D eigenvalue weighted by Gasteiger charge is 2.06. The molecular formula is C23H20IN3O2S2. The maximum atomic E-state index is 12.2. The van der Waals surface area contributed by atoms with Crippen molar-refractivity contribution >= 4 is 80.4 Å². The number of anilines is 3. The molecule has 158 valence electrons. The van der Waals surface area contributed by atoms with Crippen LogP contribution in [0, 0.1) is 3.57 Å². The van der Waals surface area contributed by atoms with E-state index in [0.29, 0.717) is 16.4 Å². The fraction of sp³-hybridized carbons (Fsp3) is 0.0870. The third kappa shape index (κ3) is 7.64. The van der Waals surface area contributed by atoms with Gasteiger partial charge in [0.1, 0.15) is 0 Å². The number of hydrogen-bond donors (Lipinski definition) is 3. The average Bonchev–Trinajstić information content (AvgIpc) is 2.74. The number of Topliss-reactive ketones (excluding diaryl/α,β-unsaturated/α-hetero) is 1. The summed E-state index contributed by atoms with van der Waals surface area (Å²) in [6.07, 6.45) is 0. The van der Waals surface area contributed by atoms with Crippen molar-refractivity contribution < 1.29 is 9.59 Å². The monoisotopic (exact) mass is 561 g/mol. The molecule has 3 aromatic rings. The standard InChI is InChI=1S/C23H20IN3O2S2/c1-15(28)16-5-9-19(10-6-16)26-23(30)27-20-3-2-4-21(13-20)31-14-22(29)25-18-11-7-17(24)8-12-18/h2-13H,14H2,1H3,(H,25,29)(H2,26,27,30). The number of ketones is 1. The Morgan fingerprint density at radius 3 is 2.16 bits per heavy atom. The third-order valence-electron chi connectivity index (χ3n) is 4.14. The van der Waals surface area contributed by atoms with Crippen LogP contribution in [0.1, 0.15) is 17.3 Å². The summed E-state index contributed by atoms with van der Waals surface area (Å²) in [5.74, 6) is 0.269. The van der Waals surface area contributed by atoms with E-state index >= 15 is 0 Å². The van der Waals surface area contributed by atoms with E-state index in [2.05, 4.69) is 38.5 Å². The molecule has 5 nitrogen and oxygen atoms in total. The topological polar surface area (TPSA) is 70.2 Å². The van der Waals surface area contributed by atoms with Crippen LogP contribution in [0.15, 0.2) is 77.7 Å². The zero-order valence-electron chi connectivity index (χ0n) is 16.6. The van der Waals surface area contributed by atoms with Gasteiger partial charge in [-0.1, -0.05) is 6.07 Å². The van der Waals surface area contributed by atoms with Gasteiger partial charge in [-0.25, -0.2) is 0 Å². The van der Waals surface area contributed by atoms with Crippen molar-refractivity contribution in [1.29, 1.82) is 0 Å². The first kappa shape index (κ1) is 23.2. The molecule has 0 heterocycles. The Morgan fingerprint density at radius 1 is 0.871 bits per heavy atom. The number of thiocarbonyl (C=S) groups is 1. The van der Waals surface area contributed by atoms with Crippen molar-refractivity contribution in [3.8, 4) is 0 Å². The van der Waals surface area contributed by atoms with Crippen LogP contribution in [-0.4, -0.2) is 22.6 Å². The summed E-state index contributed by atoms with van der Waals surface area (Å²) in [5, 5.41) is 9.57. The maximum absolute atomic E-state index is 12.2. The lowest BCUT2D eigenvalue weighted by molar-refractivity contribution is -0.113. The van der Waals surface area contributed by atoms with Crippen LogP contribution in [-0.2, 0) is 4.79 Å². The molecule has 31 heavy (non-hydrogen) atoms. The van der Waals surface area contributed by atoms with Gasteiger partial charge >= 0.3 is 0 Å². The molecule has 0 unspecified atom stereocenters. The maximum Gasteiger partial charge on any atom is 0.234 e. The number of halogens is 1. The Hall–Kier alpha value is -2.43. The van der Waals surface area contributed by atoms with E-state index in [-0.39, 0.29) is 11.7 Å². The molecule has 0 bridgehead atoms. The lowest BCUT2D eigenvalue weighted by Crippen LogP contribution is -2.19. The van der Waals surface area contributed by atoms with Crippen molar-refractivity contribution in [3.05, 3.63) is 81.9 Å². The second kappa shape index (κ2) is 11.3. The Balaban J connectivity index is 1.51. The molecule has 0 spiro atoms. The Bertz CT molecular complexity index is 1090. The highest BCUT2D eigenvalue weighted by molar-refractivity contribution is 14.1. The van der Waals surface area contributed by atoms with Gasteiger partial charge in [0.25, 0.3) is 0 Å². The second-order valence-electron chi connectivity index (χ2n) is 6.58. The minimum absolute atomic E-state index is 0.0220. The third-order valence-corrected chi connectivity index (χ3v) is 6.06. The summed E-state index contributed by atoms with van der Waals surface area (Å²) in [7, 11) is 0. The number of carbonyl (C=O) groups is 2. The lowest BCUT2D eigenvalue weighted by Gasteiger charge is -2.12. The van der Waals surface area contributed by atoms with Crippen molar-refractivity contribution in [1.82, 2.24) is 0 Å². The molecule has 0 radical (unpaired) electrons. The second-order valence-corrected chi connectivity index (χ2v) is 9.29. The number of hydrogen-bond acceptors (Lipinski definition) is 4. The van der Waals surface area contributed by atoms with E-state index in [1.807, 2.05) is 60.7 Å². The molecule has 3 rings (SSSR count). The van der Waals surface area contributed by atoms with Crippen molar-refractivity contribution in [2.45, 2.75) is 11.8 Å². The molecule has 8 heteroatoms. The Morgan fingerprint density at radius 2 is 1.48 bits per heavy atom. The molecular weight excluding hydrogens is 541 g/mol. The molecule has 0 aliphatic rings. The van der Waals surface area contributed by atoms with Crippen LogP contribution in [0.25, 0.3) is 0 Å². The summed E-state index contributed by atoms with van der Waals surface area (Å²) in [6, 6.07) is 22.5. The lowest BCUT2D eigenvalue weighted by atomic mass is 10.1. The minimum Gasteiger partial charge on any atom is -0.332 e. The van der Waals surface area contributed by atoms with Gasteiger partial charge in [0.2, 0.25) is 5.91 Å². The van der Waals surface area contributed by atoms with Gasteiger partial charge in [-0.15, -0.1) is 11.8 Å². The first-order valence-corrected chi connectivity index (χ1v) is 11.8. The number of benzene rings is 3. The molecule has 0 fully saturated rings. The smallest absolute Gasteiger partial charge is 0.234 e. The molecule has 3 aromatic carbocycles. The van der Waals surface area contributed by atoms with Crippen LogP contribution in [0.5, 0.6) is 0 Å². The first-order valence-electron chi connectivity index (χ1n) is 9.36. The first-order chi connectivity index (χ1) is 14.9. The molecule has 0 atom stereocenters. The van der Waals surface area contributed by atoms with Crippen LogP contribution < -0.4 is 16.0 Å². The van der Waals surface area contributed by atoms with Gasteiger partial charge in [0, 0.05) is 31.1 Å². The van der Waals surface area contributed by atoms with Crippen molar-refractivity contribution in [2.75, 3.05) is 21.7 Å². The minimum atomic E-state index is -0.0595. The number of rotatable bonds is 7. The van der Waals surface area contributed by atoms with Crippen molar-refractivity contribution in [3.63, 3.8) is 0 Å². The van der Waals surface area contributed by atoms with Crippen molar-refractivity contribution in [2.24, 2.45) is 0 Å². The van der Waals surface area contributed by atoms with Crippen LogP contribution in [0.3, 0.4) is 0 Å². The van der Waals surface area contributed by atoms with Crippen LogP contribution >= 0.6 is 46.6 Å². The summed E-state index contributed by atoms with van der Waals surface area (Å²) >= 11 is 9.05. The molecule has 0 aromatic heterocycles. The van der Waals surface area contributed by atoms with E-state index in [4.69, 9.17) is 12.2 Å². The van der Waals surface area contributed by atoms with Crippen LogP contribution in [0.2, 0.25) is 0 Å². The fourth-order valence-electron chi connectivity index (χ4n) is 2.62. The number of amides is 1. The number of carbonyl (C=O) groups excluding carboxylic acids is 2. The summed E-state index contributed by atoms with van der Waals surface area (Å²) in [5.41, 5.74) is 3.05. The SMILES string of the molecule is CC(=O)c1ccc(NC(=S)Nc2cccc(SCC(=O)Nc3ccc(I)cc3)c2)cc1. The fourth-order valence-corrected chi connectivity index (χ4v) is 3.97. The molecule has 3 N–H and O–H groups in total. The predicted octanol–water partition coefficient (Wildman–Crippen LogP) is 6.03. The predicted molar refractivity (Wildman–Crippen MR) is 141 cm³/mol. The number of nitrogens with one attached hydrogen (secondary N) is 3. The van der Waals surface area contributed by atoms with Gasteiger partial charge in [-0.2, -0.15) is 0 Å². The van der Waals surface area contributed by atoms with E-state index in [1.165, 1.54) is 18.7 Å². The molecule has 1 amide bonds. The van der Waals surface area contributed by atoms with Crippen LogP contribution in [0.4, 0.5) is 17.1 Å². The summed E-state index contributed by atoms with van der Waals surface area (Å²) < 4.78 is 1.12. The zero-order chi connectivity index (χ0) is 22.2. The van der Waals surface area contributed by atoms with Gasteiger partial charge in [0.15, 0.2) is 10.9 Å². The summed E-state index contributed by atoms with van der Waals surface area (Å²) in [4.78, 5) is 24.5. The van der Waals surface area contributed by atoms with Gasteiger partial charge < -0.3 is 16.0 Å². The number of thioether (sulfide) groups is 1. The highest BCUT2D eigenvalue weighted by Crippen LogP contribution is 2.22. The van der Waals surface area contributed by atoms with E-state index in [1.54, 1.807) is 12.1 Å². The van der Waals surface area contributed by atoms with E-state index in [9.17, 15) is 9.59 Å². The normalized spacial score (nSPS) is 10.3. The Kier molecular flexibility index (Phi) is 8.44. The molecule has 0 saturated heterocycles. The molecule has 0 aliphatic carbocycles. The summed E-state index contributed by atoms with van der Waals surface area (Å²) in [6.45, 7) is 1.53. The van der Waals surface area contributed by atoms with Gasteiger partial charge in [0.05, 0.1) is 5.75 Å². The molecule has 0 aliphatic heterocycles. The Labute approximate surface area is 204 Å². The van der Waals surface area contributed by atoms with Gasteiger partial charge in [-0.3, -0.25) is 9.59 Å². The van der Waals surface area contributed by atoms with Gasteiger partial charge in [-0.05, 0) is 108 Å². The zero-order valence-corrected chi connectivity index (χ0v) is 20.4. The van der Waals surface area contributed by atoms with E-state index in [0.717, 1.165) is 25.5 Å².